The van der Waals surface area contributed by atoms with Crippen molar-refractivity contribution in [1.29, 1.82) is 0 Å². The Morgan fingerprint density at radius 2 is 1.94 bits per heavy atom. The molecule has 4 heteroatoms. The van der Waals surface area contributed by atoms with Gasteiger partial charge in [0.05, 0.1) is 0 Å². The first kappa shape index (κ1) is 14.8. The normalized spacial score (nSPS) is 14.9. The van der Waals surface area contributed by atoms with E-state index in [-0.39, 0.29) is 5.91 Å². The number of thioether (sulfide) groups is 1. The fourth-order valence-corrected chi connectivity index (χ4v) is 2.21. The van der Waals surface area contributed by atoms with Gasteiger partial charge in [-0.2, -0.15) is 11.8 Å². The number of carbonyl (C=O) groups is 1. The SMILES string of the molecule is CSCCCCCCNC(=O)CCNC1CC1. The Labute approximate surface area is 109 Å². The number of nitrogens with one attached hydrogen (secondary N) is 2. The molecule has 2 N–H and O–H groups in total. The van der Waals surface area contributed by atoms with Crippen molar-refractivity contribution in [1.82, 2.24) is 10.6 Å². The predicted molar refractivity (Wildman–Crippen MR) is 75.5 cm³/mol. The van der Waals surface area contributed by atoms with Gasteiger partial charge in [0, 0.05) is 25.6 Å². The zero-order valence-electron chi connectivity index (χ0n) is 11.0. The maximum absolute atomic E-state index is 11.4. The van der Waals surface area contributed by atoms with Gasteiger partial charge in [0.2, 0.25) is 5.91 Å². The Kier molecular flexibility index (Phi) is 8.53. The summed E-state index contributed by atoms with van der Waals surface area (Å²) in [6.45, 7) is 1.69. The van der Waals surface area contributed by atoms with Crippen LogP contribution >= 0.6 is 11.8 Å². The van der Waals surface area contributed by atoms with Crippen LogP contribution in [0, 0.1) is 0 Å². The summed E-state index contributed by atoms with van der Waals surface area (Å²) in [5.41, 5.74) is 0. The molecule has 0 aromatic carbocycles. The first-order valence-electron chi connectivity index (χ1n) is 6.82. The average Bonchev–Trinajstić information content (AvgIpc) is 3.12. The van der Waals surface area contributed by atoms with Crippen LogP contribution in [0.3, 0.4) is 0 Å². The zero-order valence-corrected chi connectivity index (χ0v) is 11.8. The van der Waals surface area contributed by atoms with Gasteiger partial charge in [-0.25, -0.2) is 0 Å². The molecular weight excluding hydrogens is 232 g/mol. The second-order valence-electron chi connectivity index (χ2n) is 4.74. The summed E-state index contributed by atoms with van der Waals surface area (Å²) in [6, 6.07) is 0.708. The summed E-state index contributed by atoms with van der Waals surface area (Å²) in [7, 11) is 0. The van der Waals surface area contributed by atoms with Crippen LogP contribution in [0.5, 0.6) is 0 Å². The van der Waals surface area contributed by atoms with Gasteiger partial charge in [-0.3, -0.25) is 4.79 Å². The number of carbonyl (C=O) groups excluding carboxylic acids is 1. The minimum atomic E-state index is 0.197. The largest absolute Gasteiger partial charge is 0.356 e. The van der Waals surface area contributed by atoms with E-state index in [2.05, 4.69) is 16.9 Å². The summed E-state index contributed by atoms with van der Waals surface area (Å²) < 4.78 is 0. The molecule has 1 fully saturated rings. The Bertz CT molecular complexity index is 208. The molecule has 0 saturated heterocycles. The molecule has 17 heavy (non-hydrogen) atoms. The van der Waals surface area contributed by atoms with Crippen molar-refractivity contribution in [2.75, 3.05) is 25.1 Å². The monoisotopic (exact) mass is 258 g/mol. The van der Waals surface area contributed by atoms with E-state index in [0.717, 1.165) is 19.5 Å². The van der Waals surface area contributed by atoms with Gasteiger partial charge in [-0.15, -0.1) is 0 Å². The number of rotatable bonds is 11. The van der Waals surface area contributed by atoms with Crippen LogP contribution in [0.25, 0.3) is 0 Å². The average molecular weight is 258 g/mol. The van der Waals surface area contributed by atoms with Crippen molar-refractivity contribution in [3.8, 4) is 0 Å². The lowest BCUT2D eigenvalue weighted by atomic mass is 10.2. The quantitative estimate of drug-likeness (QED) is 0.558. The maximum atomic E-state index is 11.4. The lowest BCUT2D eigenvalue weighted by Gasteiger charge is -2.05. The summed E-state index contributed by atoms with van der Waals surface area (Å²) in [5, 5.41) is 6.33. The van der Waals surface area contributed by atoms with Crippen LogP contribution in [0.15, 0.2) is 0 Å². The molecule has 1 saturated carbocycles. The van der Waals surface area contributed by atoms with Gasteiger partial charge in [0.15, 0.2) is 0 Å². The molecule has 1 aliphatic rings. The van der Waals surface area contributed by atoms with E-state index in [0.29, 0.717) is 12.5 Å². The van der Waals surface area contributed by atoms with E-state index in [1.54, 1.807) is 0 Å². The highest BCUT2D eigenvalue weighted by Crippen LogP contribution is 2.18. The summed E-state index contributed by atoms with van der Waals surface area (Å²) >= 11 is 1.91. The van der Waals surface area contributed by atoms with Crippen LogP contribution in [-0.2, 0) is 4.79 Å². The third-order valence-electron chi connectivity index (χ3n) is 2.96. The van der Waals surface area contributed by atoms with Crippen LogP contribution < -0.4 is 10.6 Å². The minimum Gasteiger partial charge on any atom is -0.356 e. The molecular formula is C13H26N2OS. The standard InChI is InChI=1S/C13H26N2OS/c1-17-11-5-3-2-4-9-15-13(16)8-10-14-12-6-7-12/h12,14H,2-11H2,1H3,(H,15,16). The van der Waals surface area contributed by atoms with Gasteiger partial charge < -0.3 is 10.6 Å². The van der Waals surface area contributed by atoms with Gasteiger partial charge in [0.1, 0.15) is 0 Å². The van der Waals surface area contributed by atoms with E-state index in [9.17, 15) is 4.79 Å². The lowest BCUT2D eigenvalue weighted by molar-refractivity contribution is -0.121. The van der Waals surface area contributed by atoms with E-state index in [1.165, 1.54) is 37.9 Å². The number of amides is 1. The van der Waals surface area contributed by atoms with Crippen molar-refractivity contribution in [2.24, 2.45) is 0 Å². The Morgan fingerprint density at radius 1 is 1.18 bits per heavy atom. The predicted octanol–water partition coefficient (Wildman–Crippen LogP) is 2.17. The topological polar surface area (TPSA) is 41.1 Å². The third-order valence-corrected chi connectivity index (χ3v) is 3.66. The molecule has 0 radical (unpaired) electrons. The maximum Gasteiger partial charge on any atom is 0.221 e. The van der Waals surface area contributed by atoms with Gasteiger partial charge in [-0.05, 0) is 37.7 Å². The molecule has 0 atom stereocenters. The molecule has 100 valence electrons. The lowest BCUT2D eigenvalue weighted by Crippen LogP contribution is -2.29. The van der Waals surface area contributed by atoms with E-state index >= 15 is 0 Å². The second kappa shape index (κ2) is 9.77. The van der Waals surface area contributed by atoms with Crippen LogP contribution in [0.4, 0.5) is 0 Å². The molecule has 1 amide bonds. The third kappa shape index (κ3) is 9.48. The highest BCUT2D eigenvalue weighted by Gasteiger charge is 2.19. The minimum absolute atomic E-state index is 0.197. The summed E-state index contributed by atoms with van der Waals surface area (Å²) in [5.74, 6) is 1.46. The summed E-state index contributed by atoms with van der Waals surface area (Å²) in [6.07, 6.45) is 10.3. The molecule has 3 nitrogen and oxygen atoms in total. The van der Waals surface area contributed by atoms with E-state index < -0.39 is 0 Å². The fourth-order valence-electron chi connectivity index (χ4n) is 1.72. The number of hydrogen-bond donors (Lipinski definition) is 2. The molecule has 0 heterocycles. The highest BCUT2D eigenvalue weighted by atomic mass is 32.2. The smallest absolute Gasteiger partial charge is 0.221 e. The molecule has 0 aromatic rings. The fraction of sp³-hybridized carbons (Fsp3) is 0.923. The van der Waals surface area contributed by atoms with Crippen LogP contribution in [-0.4, -0.2) is 37.0 Å². The van der Waals surface area contributed by atoms with E-state index in [4.69, 9.17) is 0 Å². The zero-order chi connectivity index (χ0) is 12.3. The highest BCUT2D eigenvalue weighted by molar-refractivity contribution is 7.98. The molecule has 1 aliphatic carbocycles. The molecule has 0 aromatic heterocycles. The van der Waals surface area contributed by atoms with Crippen LogP contribution in [0.2, 0.25) is 0 Å². The molecule has 0 unspecified atom stereocenters. The van der Waals surface area contributed by atoms with Crippen molar-refractivity contribution in [2.45, 2.75) is 51.0 Å². The summed E-state index contributed by atoms with van der Waals surface area (Å²) in [4.78, 5) is 11.4. The van der Waals surface area contributed by atoms with Crippen molar-refractivity contribution in [3.63, 3.8) is 0 Å². The van der Waals surface area contributed by atoms with Gasteiger partial charge in [0.25, 0.3) is 0 Å². The first-order valence-corrected chi connectivity index (χ1v) is 8.21. The van der Waals surface area contributed by atoms with Gasteiger partial charge in [-0.1, -0.05) is 12.8 Å². The molecule has 1 rings (SSSR count). The number of hydrogen-bond acceptors (Lipinski definition) is 3. The Morgan fingerprint density at radius 3 is 2.65 bits per heavy atom. The second-order valence-corrected chi connectivity index (χ2v) is 5.72. The van der Waals surface area contributed by atoms with Crippen molar-refractivity contribution < 1.29 is 4.79 Å². The molecule has 0 bridgehead atoms. The van der Waals surface area contributed by atoms with Crippen molar-refractivity contribution >= 4 is 17.7 Å². The Hall–Kier alpha value is -0.220. The first-order chi connectivity index (χ1) is 8.33. The van der Waals surface area contributed by atoms with Gasteiger partial charge >= 0.3 is 0 Å². The van der Waals surface area contributed by atoms with Crippen LogP contribution in [0.1, 0.15) is 44.9 Å². The molecule has 0 aliphatic heterocycles. The molecule has 0 spiro atoms. The van der Waals surface area contributed by atoms with E-state index in [1.807, 2.05) is 11.8 Å². The number of unbranched alkanes of at least 4 members (excludes halogenated alkanes) is 3. The van der Waals surface area contributed by atoms with Crippen molar-refractivity contribution in [3.05, 3.63) is 0 Å². The Balaban J connectivity index is 1.76.